The molecule has 0 aromatic carbocycles. The first kappa shape index (κ1) is 21.4. The average molecular weight is 401 g/mol. The fourth-order valence-corrected chi connectivity index (χ4v) is 8.39. The number of rotatable bonds is 2. The van der Waals surface area contributed by atoms with E-state index < -0.39 is 11.7 Å². The van der Waals surface area contributed by atoms with E-state index >= 15 is 0 Å². The molecule has 4 aliphatic carbocycles. The van der Waals surface area contributed by atoms with Crippen LogP contribution in [0.3, 0.4) is 0 Å². The fraction of sp³-hybridized carbons (Fsp3) is 0.885. The van der Waals surface area contributed by atoms with Crippen molar-refractivity contribution in [2.45, 2.75) is 104 Å². The molecule has 29 heavy (non-hydrogen) atoms. The van der Waals surface area contributed by atoms with Crippen molar-refractivity contribution in [3.63, 3.8) is 0 Å². The molecule has 0 unspecified atom stereocenters. The van der Waals surface area contributed by atoms with Gasteiger partial charge in [-0.25, -0.2) is 0 Å². The van der Waals surface area contributed by atoms with Gasteiger partial charge < -0.3 is 10.2 Å². The second-order valence-electron chi connectivity index (χ2n) is 11.5. The summed E-state index contributed by atoms with van der Waals surface area (Å²) in [4.78, 5) is 12.3. The van der Waals surface area contributed by atoms with E-state index in [1.54, 1.807) is 6.92 Å². The van der Waals surface area contributed by atoms with Crippen molar-refractivity contribution in [3.05, 3.63) is 0 Å². The average Bonchev–Trinajstić information content (AvgIpc) is 2.99. The van der Waals surface area contributed by atoms with E-state index in [-0.39, 0.29) is 11.3 Å². The zero-order valence-corrected chi connectivity index (χ0v) is 18.8. The first-order chi connectivity index (χ1) is 13.6. The Bertz CT molecular complexity index is 717. The summed E-state index contributed by atoms with van der Waals surface area (Å²) in [6, 6.07) is 0. The van der Waals surface area contributed by atoms with Crippen LogP contribution in [0, 0.1) is 52.3 Å². The lowest BCUT2D eigenvalue weighted by Crippen LogP contribution is -2.56. The van der Waals surface area contributed by atoms with Gasteiger partial charge in [0.25, 0.3) is 0 Å². The maximum absolute atomic E-state index is 12.3. The summed E-state index contributed by atoms with van der Waals surface area (Å²) >= 11 is 0. The molecule has 0 aliphatic heterocycles. The van der Waals surface area contributed by atoms with Crippen LogP contribution >= 0.6 is 0 Å². The summed E-state index contributed by atoms with van der Waals surface area (Å²) in [5, 5.41) is 20.6. The Morgan fingerprint density at radius 1 is 1.03 bits per heavy atom. The van der Waals surface area contributed by atoms with Gasteiger partial charge in [-0.3, -0.25) is 4.79 Å². The molecule has 0 spiro atoms. The largest absolute Gasteiger partial charge is 0.392 e. The lowest BCUT2D eigenvalue weighted by molar-refractivity contribution is -0.144. The van der Waals surface area contributed by atoms with E-state index in [2.05, 4.69) is 25.7 Å². The van der Waals surface area contributed by atoms with Gasteiger partial charge in [0.1, 0.15) is 11.4 Å². The summed E-state index contributed by atoms with van der Waals surface area (Å²) in [5.74, 6) is 9.58. The van der Waals surface area contributed by atoms with Crippen molar-refractivity contribution < 1.29 is 15.0 Å². The summed E-state index contributed by atoms with van der Waals surface area (Å²) in [7, 11) is 0. The van der Waals surface area contributed by atoms with Crippen molar-refractivity contribution in [3.8, 4) is 11.8 Å². The number of Topliss-reactive ketones (excluding diaryl/α,β-unsaturated/α-hetero) is 1. The smallest absolute Gasteiger partial charge is 0.133 e. The van der Waals surface area contributed by atoms with Gasteiger partial charge in [0, 0.05) is 12.3 Å². The van der Waals surface area contributed by atoms with Gasteiger partial charge in [0.05, 0.1) is 6.10 Å². The van der Waals surface area contributed by atoms with Crippen molar-refractivity contribution in [1.29, 1.82) is 0 Å². The molecular weight excluding hydrogens is 360 g/mol. The monoisotopic (exact) mass is 400 g/mol. The maximum Gasteiger partial charge on any atom is 0.133 e. The van der Waals surface area contributed by atoms with Crippen LogP contribution in [0.15, 0.2) is 0 Å². The standard InChI is InChI=1S/C26H40O3/c1-17(27)6-5-12-26(29)15-14-24(3)19(16-26)7-8-20-22-10-9-21(18(2)28)25(22,4)13-11-23(20)24/h17,19-23,27,29H,6-11,13-16H2,1-4H3/t17-,19-,20+,21-,22+,23+,24+,25-,26-/m1/s1. The van der Waals surface area contributed by atoms with Gasteiger partial charge in [-0.15, -0.1) is 0 Å². The molecule has 3 heteroatoms. The van der Waals surface area contributed by atoms with E-state index in [0.29, 0.717) is 29.5 Å². The van der Waals surface area contributed by atoms with Crippen LogP contribution in [-0.2, 0) is 4.79 Å². The molecule has 0 aromatic rings. The van der Waals surface area contributed by atoms with Crippen molar-refractivity contribution in [1.82, 2.24) is 0 Å². The Kier molecular flexibility index (Phi) is 5.44. The Morgan fingerprint density at radius 2 is 1.76 bits per heavy atom. The molecule has 0 radical (unpaired) electrons. The molecule has 3 nitrogen and oxygen atoms in total. The number of carbonyl (C=O) groups is 1. The summed E-state index contributed by atoms with van der Waals surface area (Å²) in [6.45, 7) is 8.47. The van der Waals surface area contributed by atoms with Crippen LogP contribution in [0.2, 0.25) is 0 Å². The molecule has 0 heterocycles. The molecular formula is C26H40O3. The SMILES string of the molecule is CC(=O)[C@H]1CC[C@H]2[C@@H]3CC[C@@H]4C[C@@](O)(C#CC[C@@H](C)O)CC[C@]4(C)[C@H]3CC[C@]12C. The third kappa shape index (κ3) is 3.49. The van der Waals surface area contributed by atoms with Gasteiger partial charge in [0.15, 0.2) is 0 Å². The number of hydrogen-bond donors (Lipinski definition) is 2. The topological polar surface area (TPSA) is 57.5 Å². The summed E-state index contributed by atoms with van der Waals surface area (Å²) in [6.07, 6.45) is 9.83. The first-order valence-corrected chi connectivity index (χ1v) is 12.0. The Labute approximate surface area is 177 Å². The molecule has 4 aliphatic rings. The van der Waals surface area contributed by atoms with E-state index in [1.807, 2.05) is 6.92 Å². The highest BCUT2D eigenvalue weighted by Gasteiger charge is 2.61. The third-order valence-electron chi connectivity index (χ3n) is 9.94. The normalized spacial score (nSPS) is 49.8. The number of hydrogen-bond acceptors (Lipinski definition) is 3. The highest BCUT2D eigenvalue weighted by molar-refractivity contribution is 5.79. The summed E-state index contributed by atoms with van der Waals surface area (Å²) < 4.78 is 0. The predicted octanol–water partition coefficient (Wildman–Crippen LogP) is 4.74. The maximum atomic E-state index is 12.3. The number of fused-ring (bicyclic) bond motifs is 5. The number of aliphatic hydroxyl groups excluding tert-OH is 1. The summed E-state index contributed by atoms with van der Waals surface area (Å²) in [5.41, 5.74) is -0.350. The van der Waals surface area contributed by atoms with E-state index in [0.717, 1.165) is 37.5 Å². The first-order valence-electron chi connectivity index (χ1n) is 12.0. The van der Waals surface area contributed by atoms with Crippen LogP contribution in [0.4, 0.5) is 0 Å². The molecule has 4 fully saturated rings. The molecule has 0 aromatic heterocycles. The Morgan fingerprint density at radius 3 is 2.45 bits per heavy atom. The van der Waals surface area contributed by atoms with Crippen LogP contribution in [0.1, 0.15) is 91.9 Å². The molecule has 4 saturated carbocycles. The van der Waals surface area contributed by atoms with Gasteiger partial charge in [-0.2, -0.15) is 0 Å². The Hall–Kier alpha value is -0.850. The predicted molar refractivity (Wildman–Crippen MR) is 115 cm³/mol. The zero-order chi connectivity index (χ0) is 21.0. The molecule has 4 rings (SSSR count). The Balaban J connectivity index is 1.52. The van der Waals surface area contributed by atoms with Gasteiger partial charge in [-0.05, 0) is 106 Å². The van der Waals surface area contributed by atoms with Gasteiger partial charge >= 0.3 is 0 Å². The quantitative estimate of drug-likeness (QED) is 0.658. The zero-order valence-electron chi connectivity index (χ0n) is 18.8. The fourth-order valence-electron chi connectivity index (χ4n) is 8.39. The minimum atomic E-state index is -0.873. The molecule has 2 N–H and O–H groups in total. The lowest BCUT2D eigenvalue weighted by atomic mass is 9.44. The van der Waals surface area contributed by atoms with Crippen LogP contribution in [0.5, 0.6) is 0 Å². The lowest BCUT2D eigenvalue weighted by Gasteiger charge is -2.61. The molecule has 162 valence electrons. The highest BCUT2D eigenvalue weighted by atomic mass is 16.3. The van der Waals surface area contributed by atoms with Gasteiger partial charge in [0.2, 0.25) is 0 Å². The van der Waals surface area contributed by atoms with Crippen LogP contribution in [-0.4, -0.2) is 27.7 Å². The van der Waals surface area contributed by atoms with E-state index in [9.17, 15) is 15.0 Å². The van der Waals surface area contributed by atoms with E-state index in [1.165, 1.54) is 32.1 Å². The number of aliphatic hydroxyl groups is 2. The van der Waals surface area contributed by atoms with Gasteiger partial charge in [-0.1, -0.05) is 25.7 Å². The van der Waals surface area contributed by atoms with Crippen molar-refractivity contribution >= 4 is 5.78 Å². The van der Waals surface area contributed by atoms with Crippen molar-refractivity contribution in [2.75, 3.05) is 0 Å². The number of ketones is 1. The van der Waals surface area contributed by atoms with Crippen LogP contribution in [0.25, 0.3) is 0 Å². The minimum absolute atomic E-state index is 0.220. The third-order valence-corrected chi connectivity index (χ3v) is 9.94. The van der Waals surface area contributed by atoms with Crippen molar-refractivity contribution in [2.24, 2.45) is 40.4 Å². The molecule has 0 bridgehead atoms. The molecule has 0 saturated heterocycles. The van der Waals surface area contributed by atoms with E-state index in [4.69, 9.17) is 0 Å². The second-order valence-corrected chi connectivity index (χ2v) is 11.5. The number of carbonyl (C=O) groups excluding carboxylic acids is 1. The minimum Gasteiger partial charge on any atom is -0.392 e. The highest BCUT2D eigenvalue weighted by Crippen LogP contribution is 2.68. The molecule has 0 amide bonds. The molecule has 9 atom stereocenters. The van der Waals surface area contributed by atoms with Crippen LogP contribution < -0.4 is 0 Å². The second kappa shape index (κ2) is 7.38.